The molecule has 0 saturated heterocycles. The molecule has 0 amide bonds. The number of fused-ring (bicyclic) bond motifs is 1. The Kier molecular flexibility index (Phi) is 4.55. The van der Waals surface area contributed by atoms with Gasteiger partial charge < -0.3 is 0 Å². The second kappa shape index (κ2) is 6.46. The molecule has 0 radical (unpaired) electrons. The summed E-state index contributed by atoms with van der Waals surface area (Å²) in [6.45, 7) is 0. The molecule has 0 N–H and O–H groups in total. The summed E-state index contributed by atoms with van der Waals surface area (Å²) in [4.78, 5) is 5.50. The van der Waals surface area contributed by atoms with Crippen LogP contribution < -0.4 is 0 Å². The van der Waals surface area contributed by atoms with Gasteiger partial charge in [-0.15, -0.1) is 22.7 Å². The van der Waals surface area contributed by atoms with Crippen molar-refractivity contribution in [2.24, 2.45) is 4.99 Å². The van der Waals surface area contributed by atoms with Crippen LogP contribution in [0.3, 0.4) is 0 Å². The number of hydrogen-bond acceptors (Lipinski definition) is 4. The zero-order valence-electron chi connectivity index (χ0n) is 12.1. The summed E-state index contributed by atoms with van der Waals surface area (Å²) in [7, 11) is 0. The number of alkyl halides is 3. The quantitative estimate of drug-likeness (QED) is 0.676. The first kappa shape index (κ1) is 16.2. The number of halogens is 3. The highest BCUT2D eigenvalue weighted by molar-refractivity contribution is 7.16. The van der Waals surface area contributed by atoms with E-state index < -0.39 is 11.9 Å². The van der Waals surface area contributed by atoms with Gasteiger partial charge in [0.15, 0.2) is 0 Å². The number of thiophene rings is 2. The lowest BCUT2D eigenvalue weighted by Crippen LogP contribution is -2.24. The van der Waals surface area contributed by atoms with E-state index >= 15 is 0 Å². The maximum atomic E-state index is 13.3. The highest BCUT2D eigenvalue weighted by Gasteiger charge is 2.36. The Morgan fingerprint density at radius 3 is 2.74 bits per heavy atom. The van der Waals surface area contributed by atoms with Gasteiger partial charge >= 0.3 is 6.18 Å². The maximum absolute atomic E-state index is 13.3. The number of aliphatic imine (C=N–C) groups is 1. The van der Waals surface area contributed by atoms with E-state index in [0.717, 1.165) is 36.1 Å². The first-order chi connectivity index (χ1) is 11.0. The van der Waals surface area contributed by atoms with Crippen LogP contribution in [0.4, 0.5) is 18.2 Å². The van der Waals surface area contributed by atoms with Crippen LogP contribution in [0.15, 0.2) is 22.5 Å². The predicted octanol–water partition coefficient (Wildman–Crippen LogP) is 5.44. The molecule has 7 heteroatoms. The van der Waals surface area contributed by atoms with Gasteiger partial charge in [0.25, 0.3) is 0 Å². The number of nitriles is 1. The summed E-state index contributed by atoms with van der Waals surface area (Å²) in [5, 5.41) is 11.3. The number of hydrogen-bond donors (Lipinski definition) is 0. The Bertz CT molecular complexity index is 765. The fourth-order valence-corrected chi connectivity index (χ4v) is 4.59. The molecule has 0 fully saturated rings. The molecular formula is C16H13F3N2S2. The van der Waals surface area contributed by atoms with Crippen molar-refractivity contribution in [3.05, 3.63) is 38.4 Å². The van der Waals surface area contributed by atoms with Gasteiger partial charge in [0.1, 0.15) is 16.8 Å². The molecule has 0 atom stereocenters. The Morgan fingerprint density at radius 1 is 1.30 bits per heavy atom. The van der Waals surface area contributed by atoms with Gasteiger partial charge in [-0.1, -0.05) is 6.07 Å². The van der Waals surface area contributed by atoms with E-state index in [-0.39, 0.29) is 11.4 Å². The van der Waals surface area contributed by atoms with Gasteiger partial charge in [-0.25, -0.2) is 4.99 Å². The Balaban J connectivity index is 2.02. The van der Waals surface area contributed by atoms with Crippen molar-refractivity contribution < 1.29 is 13.2 Å². The molecule has 2 nitrogen and oxygen atoms in total. The van der Waals surface area contributed by atoms with Gasteiger partial charge in [-0.2, -0.15) is 18.4 Å². The van der Waals surface area contributed by atoms with Crippen molar-refractivity contribution in [3.8, 4) is 6.07 Å². The summed E-state index contributed by atoms with van der Waals surface area (Å²) in [5.41, 5.74) is 0.396. The highest BCUT2D eigenvalue weighted by atomic mass is 32.1. The Labute approximate surface area is 139 Å². The third kappa shape index (κ3) is 3.48. The first-order valence-electron chi connectivity index (χ1n) is 7.21. The molecule has 1 aliphatic carbocycles. The second-order valence-electron chi connectivity index (χ2n) is 5.32. The van der Waals surface area contributed by atoms with E-state index in [0.29, 0.717) is 10.4 Å². The van der Waals surface area contributed by atoms with Crippen LogP contribution in [0.1, 0.15) is 33.7 Å². The van der Waals surface area contributed by atoms with Crippen LogP contribution in [-0.2, 0) is 19.3 Å². The molecule has 1 aliphatic rings. The molecular weight excluding hydrogens is 341 g/mol. The zero-order chi connectivity index (χ0) is 16.4. The molecule has 0 spiro atoms. The van der Waals surface area contributed by atoms with Crippen molar-refractivity contribution in [1.29, 1.82) is 5.26 Å². The average Bonchev–Trinajstić information content (AvgIpc) is 3.12. The zero-order valence-corrected chi connectivity index (χ0v) is 13.7. The first-order valence-corrected chi connectivity index (χ1v) is 8.90. The molecule has 0 aromatic carbocycles. The number of nitrogens with zero attached hydrogens (tertiary/aromatic N) is 2. The van der Waals surface area contributed by atoms with Gasteiger partial charge in [0, 0.05) is 16.2 Å². The molecule has 120 valence electrons. The lowest BCUT2D eigenvalue weighted by atomic mass is 9.96. The van der Waals surface area contributed by atoms with Crippen molar-refractivity contribution in [2.75, 3.05) is 0 Å². The van der Waals surface area contributed by atoms with E-state index in [1.807, 2.05) is 0 Å². The Morgan fingerprint density at radius 2 is 2.09 bits per heavy atom. The van der Waals surface area contributed by atoms with Crippen molar-refractivity contribution in [1.82, 2.24) is 0 Å². The minimum atomic E-state index is -4.50. The van der Waals surface area contributed by atoms with E-state index in [4.69, 9.17) is 0 Å². The fraction of sp³-hybridized carbons (Fsp3) is 0.375. The van der Waals surface area contributed by atoms with Crippen molar-refractivity contribution in [3.63, 3.8) is 0 Å². The van der Waals surface area contributed by atoms with Crippen LogP contribution in [0.25, 0.3) is 0 Å². The highest BCUT2D eigenvalue weighted by Crippen LogP contribution is 2.40. The molecule has 0 saturated carbocycles. The van der Waals surface area contributed by atoms with Crippen LogP contribution >= 0.6 is 22.7 Å². The normalized spacial score (nSPS) is 15.3. The van der Waals surface area contributed by atoms with Gasteiger partial charge in [0.05, 0.1) is 5.56 Å². The molecule has 3 rings (SSSR count). The van der Waals surface area contributed by atoms with E-state index in [2.05, 4.69) is 11.1 Å². The SMILES string of the molecule is N#Cc1c(N=C(Cc2cccs2)C(F)(F)F)sc2c1CCCC2. The smallest absolute Gasteiger partial charge is 0.236 e. The summed E-state index contributed by atoms with van der Waals surface area (Å²) in [6.07, 6.45) is -1.17. The van der Waals surface area contributed by atoms with Crippen LogP contribution in [0, 0.1) is 11.3 Å². The standard InChI is InChI=1S/C16H13F3N2S2/c17-16(18,19)14(8-10-4-3-7-22-10)21-15-12(9-20)11-5-1-2-6-13(11)23-15/h3-4,7H,1-2,5-6,8H2. The van der Waals surface area contributed by atoms with Crippen LogP contribution in [-0.4, -0.2) is 11.9 Å². The molecule has 2 aromatic heterocycles. The third-order valence-corrected chi connectivity index (χ3v) is 5.81. The van der Waals surface area contributed by atoms with E-state index in [9.17, 15) is 18.4 Å². The molecule has 2 aromatic rings. The molecule has 23 heavy (non-hydrogen) atoms. The largest absolute Gasteiger partial charge is 0.429 e. The molecule has 0 bridgehead atoms. The van der Waals surface area contributed by atoms with Gasteiger partial charge in [-0.05, 0) is 42.7 Å². The lowest BCUT2D eigenvalue weighted by molar-refractivity contribution is -0.0599. The lowest BCUT2D eigenvalue weighted by Gasteiger charge is -2.10. The third-order valence-electron chi connectivity index (χ3n) is 3.75. The second-order valence-corrected chi connectivity index (χ2v) is 7.43. The topological polar surface area (TPSA) is 36.1 Å². The average molecular weight is 354 g/mol. The summed E-state index contributed by atoms with van der Waals surface area (Å²) >= 11 is 2.51. The molecule has 0 unspecified atom stereocenters. The van der Waals surface area contributed by atoms with E-state index in [1.54, 1.807) is 17.5 Å². The summed E-state index contributed by atoms with van der Waals surface area (Å²) < 4.78 is 39.9. The molecule has 0 aliphatic heterocycles. The minimum absolute atomic E-state index is 0.211. The van der Waals surface area contributed by atoms with Crippen LogP contribution in [0.2, 0.25) is 0 Å². The van der Waals surface area contributed by atoms with E-state index in [1.165, 1.54) is 22.7 Å². The summed E-state index contributed by atoms with van der Waals surface area (Å²) in [6, 6.07) is 5.44. The van der Waals surface area contributed by atoms with Gasteiger partial charge in [0.2, 0.25) is 0 Å². The summed E-state index contributed by atoms with van der Waals surface area (Å²) in [5.74, 6) is 0. The monoisotopic (exact) mass is 354 g/mol. The van der Waals surface area contributed by atoms with Crippen molar-refractivity contribution in [2.45, 2.75) is 38.3 Å². The number of aryl methyl sites for hydroxylation is 1. The van der Waals surface area contributed by atoms with Crippen LogP contribution in [0.5, 0.6) is 0 Å². The predicted molar refractivity (Wildman–Crippen MR) is 86.8 cm³/mol. The minimum Gasteiger partial charge on any atom is -0.236 e. The maximum Gasteiger partial charge on any atom is 0.429 e. The van der Waals surface area contributed by atoms with Crippen molar-refractivity contribution >= 4 is 33.4 Å². The number of rotatable bonds is 3. The molecule has 2 heterocycles. The fourth-order valence-electron chi connectivity index (χ4n) is 2.65. The van der Waals surface area contributed by atoms with Gasteiger partial charge in [-0.3, -0.25) is 0 Å². The Hall–Kier alpha value is -1.65.